The van der Waals surface area contributed by atoms with Crippen molar-refractivity contribution in [2.75, 3.05) is 5.32 Å². The van der Waals surface area contributed by atoms with Gasteiger partial charge in [0.2, 0.25) is 0 Å². The van der Waals surface area contributed by atoms with E-state index in [1.165, 1.54) is 12.1 Å². The SMILES string of the molecule is Cn1ccnc1C1(O)C[C@@H]2CC[C@@H](C1)N2C(=O)Nc1ccc(F)cc1. The number of nitrogens with one attached hydrogen (secondary N) is 1. The number of hydrogen-bond acceptors (Lipinski definition) is 3. The van der Waals surface area contributed by atoms with Gasteiger partial charge in [-0.25, -0.2) is 14.2 Å². The van der Waals surface area contributed by atoms with Crippen LogP contribution in [0.4, 0.5) is 14.9 Å². The molecule has 2 aliphatic rings. The number of aromatic nitrogens is 2. The molecule has 132 valence electrons. The highest BCUT2D eigenvalue weighted by atomic mass is 19.1. The number of nitrogens with zero attached hydrogens (tertiary/aromatic N) is 3. The monoisotopic (exact) mass is 344 g/mol. The summed E-state index contributed by atoms with van der Waals surface area (Å²) in [6, 6.07) is 5.48. The summed E-state index contributed by atoms with van der Waals surface area (Å²) >= 11 is 0. The number of aliphatic hydroxyl groups is 1. The minimum Gasteiger partial charge on any atom is -0.382 e. The number of hydrogen-bond donors (Lipinski definition) is 2. The van der Waals surface area contributed by atoms with Gasteiger partial charge >= 0.3 is 6.03 Å². The first-order chi connectivity index (χ1) is 12.0. The van der Waals surface area contributed by atoms with Gasteiger partial charge in [-0.2, -0.15) is 0 Å². The molecule has 0 spiro atoms. The first-order valence-electron chi connectivity index (χ1n) is 8.51. The first kappa shape index (κ1) is 16.1. The van der Waals surface area contributed by atoms with E-state index >= 15 is 0 Å². The van der Waals surface area contributed by atoms with Crippen LogP contribution in [0.25, 0.3) is 0 Å². The Kier molecular flexibility index (Phi) is 3.76. The molecule has 0 saturated carbocycles. The molecule has 7 heteroatoms. The predicted octanol–water partition coefficient (Wildman–Crippen LogP) is 2.61. The quantitative estimate of drug-likeness (QED) is 0.880. The van der Waals surface area contributed by atoms with Gasteiger partial charge < -0.3 is 19.9 Å². The summed E-state index contributed by atoms with van der Waals surface area (Å²) in [5.74, 6) is 0.319. The number of aryl methyl sites for hydroxylation is 1. The van der Waals surface area contributed by atoms with E-state index in [0.717, 1.165) is 12.8 Å². The highest BCUT2D eigenvalue weighted by molar-refractivity contribution is 5.90. The molecule has 2 atom stereocenters. The Hall–Kier alpha value is -2.41. The second-order valence-corrected chi connectivity index (χ2v) is 7.03. The lowest BCUT2D eigenvalue weighted by molar-refractivity contribution is -0.0505. The van der Waals surface area contributed by atoms with Crippen LogP contribution in [-0.2, 0) is 12.6 Å². The van der Waals surface area contributed by atoms with Gasteiger partial charge in [-0.3, -0.25) is 0 Å². The zero-order valence-corrected chi connectivity index (χ0v) is 14.0. The van der Waals surface area contributed by atoms with E-state index in [1.807, 2.05) is 22.7 Å². The lowest BCUT2D eigenvalue weighted by atomic mass is 9.85. The summed E-state index contributed by atoms with van der Waals surface area (Å²) in [6.45, 7) is 0. The van der Waals surface area contributed by atoms with Gasteiger partial charge in [0.05, 0.1) is 0 Å². The summed E-state index contributed by atoms with van der Waals surface area (Å²) in [5.41, 5.74) is -0.438. The standard InChI is InChI=1S/C18H21FN4O2/c1-22-9-8-20-16(22)18(25)10-14-6-7-15(11-18)23(14)17(24)21-13-4-2-12(19)3-5-13/h2-5,8-9,14-15,25H,6-7,10-11H2,1H3,(H,21,24)/t14-,15-/m0/s1. The normalized spacial score (nSPS) is 28.2. The number of amides is 2. The van der Waals surface area contributed by atoms with Crippen LogP contribution in [0, 0.1) is 5.82 Å². The molecule has 4 rings (SSSR count). The molecule has 25 heavy (non-hydrogen) atoms. The fourth-order valence-corrected chi connectivity index (χ4v) is 4.27. The van der Waals surface area contributed by atoms with Crippen LogP contribution >= 0.6 is 0 Å². The van der Waals surface area contributed by atoms with Gasteiger partial charge in [-0.05, 0) is 37.1 Å². The Labute approximate surface area is 145 Å². The summed E-state index contributed by atoms with van der Waals surface area (Å²) < 4.78 is 14.8. The number of carbonyl (C=O) groups excluding carboxylic acids is 1. The first-order valence-corrected chi connectivity index (χ1v) is 8.51. The number of anilines is 1. The molecule has 0 unspecified atom stereocenters. The average molecular weight is 344 g/mol. The molecule has 2 N–H and O–H groups in total. The van der Waals surface area contributed by atoms with Crippen molar-refractivity contribution in [1.82, 2.24) is 14.5 Å². The van der Waals surface area contributed by atoms with Gasteiger partial charge in [0, 0.05) is 50.1 Å². The van der Waals surface area contributed by atoms with Crippen LogP contribution in [0.2, 0.25) is 0 Å². The largest absolute Gasteiger partial charge is 0.382 e. The molecule has 2 amide bonds. The van der Waals surface area contributed by atoms with Crippen molar-refractivity contribution in [3.63, 3.8) is 0 Å². The Balaban J connectivity index is 1.51. The van der Waals surface area contributed by atoms with Gasteiger partial charge in [0.25, 0.3) is 0 Å². The molecule has 3 heterocycles. The van der Waals surface area contributed by atoms with Crippen molar-refractivity contribution < 1.29 is 14.3 Å². The van der Waals surface area contributed by atoms with E-state index in [0.29, 0.717) is 24.4 Å². The van der Waals surface area contributed by atoms with E-state index in [4.69, 9.17) is 0 Å². The smallest absolute Gasteiger partial charge is 0.322 e. The van der Waals surface area contributed by atoms with Crippen LogP contribution in [0.1, 0.15) is 31.5 Å². The molecule has 2 aliphatic heterocycles. The van der Waals surface area contributed by atoms with Gasteiger partial charge in [0.1, 0.15) is 17.2 Å². The molecule has 2 aromatic rings. The number of fused-ring (bicyclic) bond motifs is 2. The minimum absolute atomic E-state index is 0.0269. The number of halogens is 1. The maximum Gasteiger partial charge on any atom is 0.322 e. The molecule has 2 bridgehead atoms. The molecular weight excluding hydrogens is 323 g/mol. The topological polar surface area (TPSA) is 70.4 Å². The average Bonchev–Trinajstić information content (AvgIpc) is 3.12. The Bertz CT molecular complexity index is 775. The highest BCUT2D eigenvalue weighted by Gasteiger charge is 2.51. The zero-order chi connectivity index (χ0) is 17.6. The molecule has 0 aliphatic carbocycles. The molecule has 2 saturated heterocycles. The lowest BCUT2D eigenvalue weighted by Gasteiger charge is -2.43. The number of piperidine rings is 1. The number of rotatable bonds is 2. The number of benzene rings is 1. The molecule has 0 radical (unpaired) electrons. The Morgan fingerprint density at radius 2 is 1.92 bits per heavy atom. The molecular formula is C18H21FN4O2. The number of imidazole rings is 1. The van der Waals surface area contributed by atoms with Crippen molar-refractivity contribution in [2.45, 2.75) is 43.4 Å². The van der Waals surface area contributed by atoms with E-state index < -0.39 is 5.60 Å². The minimum atomic E-state index is -1.00. The molecule has 1 aromatic heterocycles. The van der Waals surface area contributed by atoms with E-state index in [9.17, 15) is 14.3 Å². The van der Waals surface area contributed by atoms with Crippen molar-refractivity contribution in [2.24, 2.45) is 7.05 Å². The third kappa shape index (κ3) is 2.78. The zero-order valence-electron chi connectivity index (χ0n) is 14.0. The van der Waals surface area contributed by atoms with Crippen molar-refractivity contribution in [1.29, 1.82) is 0 Å². The van der Waals surface area contributed by atoms with Crippen LogP contribution < -0.4 is 5.32 Å². The Morgan fingerprint density at radius 1 is 1.28 bits per heavy atom. The van der Waals surface area contributed by atoms with Crippen molar-refractivity contribution in [3.05, 3.63) is 48.3 Å². The van der Waals surface area contributed by atoms with Crippen LogP contribution in [0.15, 0.2) is 36.7 Å². The van der Waals surface area contributed by atoms with Gasteiger partial charge in [0.15, 0.2) is 0 Å². The van der Waals surface area contributed by atoms with Crippen LogP contribution in [0.5, 0.6) is 0 Å². The summed E-state index contributed by atoms with van der Waals surface area (Å²) in [5, 5.41) is 14.0. The molecule has 2 fully saturated rings. The maximum atomic E-state index is 13.0. The fraction of sp³-hybridized carbons (Fsp3) is 0.444. The maximum absolute atomic E-state index is 13.0. The molecule has 6 nitrogen and oxygen atoms in total. The second kappa shape index (κ2) is 5.84. The van der Waals surface area contributed by atoms with Gasteiger partial charge in [-0.1, -0.05) is 0 Å². The highest BCUT2D eigenvalue weighted by Crippen LogP contribution is 2.45. The van der Waals surface area contributed by atoms with E-state index in [-0.39, 0.29) is 23.9 Å². The third-order valence-electron chi connectivity index (χ3n) is 5.33. The Morgan fingerprint density at radius 3 is 2.48 bits per heavy atom. The van der Waals surface area contributed by atoms with E-state index in [1.54, 1.807) is 18.3 Å². The van der Waals surface area contributed by atoms with E-state index in [2.05, 4.69) is 10.3 Å². The predicted molar refractivity (Wildman–Crippen MR) is 90.4 cm³/mol. The summed E-state index contributed by atoms with van der Waals surface area (Å²) in [6.07, 6.45) is 6.20. The van der Waals surface area contributed by atoms with Crippen LogP contribution in [-0.4, -0.2) is 37.7 Å². The second-order valence-electron chi connectivity index (χ2n) is 7.03. The summed E-state index contributed by atoms with van der Waals surface area (Å²) in [7, 11) is 1.87. The van der Waals surface area contributed by atoms with Crippen LogP contribution in [0.3, 0.4) is 0 Å². The van der Waals surface area contributed by atoms with Gasteiger partial charge in [-0.15, -0.1) is 0 Å². The number of urea groups is 1. The third-order valence-corrected chi connectivity index (χ3v) is 5.33. The van der Waals surface area contributed by atoms with Crippen molar-refractivity contribution >= 4 is 11.7 Å². The van der Waals surface area contributed by atoms with Crippen molar-refractivity contribution in [3.8, 4) is 0 Å². The number of carbonyl (C=O) groups is 1. The lowest BCUT2D eigenvalue weighted by Crippen LogP contribution is -2.53. The molecule has 1 aromatic carbocycles. The summed E-state index contributed by atoms with van der Waals surface area (Å²) in [4.78, 5) is 18.8. The fourth-order valence-electron chi connectivity index (χ4n) is 4.27.